The van der Waals surface area contributed by atoms with Crippen LogP contribution in [0.5, 0.6) is 0 Å². The van der Waals surface area contributed by atoms with E-state index < -0.39 is 0 Å². The Morgan fingerprint density at radius 3 is 2.75 bits per heavy atom. The maximum atomic E-state index is 13.3. The number of thiazole rings is 1. The van der Waals surface area contributed by atoms with Crippen molar-refractivity contribution in [3.8, 4) is 0 Å². The topological polar surface area (TPSA) is 46.1 Å². The lowest BCUT2D eigenvalue weighted by Gasteiger charge is -2.20. The number of aromatic nitrogens is 2. The SMILES string of the molecule is Cc1ccc2sc(N(Cc3cccnc3)C(=O)c3cccc(Cl)c3)nc2c1C. The summed E-state index contributed by atoms with van der Waals surface area (Å²) in [6, 6.07) is 15.0. The number of halogens is 1. The number of amides is 1. The highest BCUT2D eigenvalue weighted by atomic mass is 35.5. The van der Waals surface area contributed by atoms with Crippen LogP contribution in [0.15, 0.2) is 60.9 Å². The number of carbonyl (C=O) groups excluding carboxylic acids is 1. The Morgan fingerprint density at radius 1 is 1.14 bits per heavy atom. The van der Waals surface area contributed by atoms with E-state index in [0.717, 1.165) is 21.3 Å². The van der Waals surface area contributed by atoms with Gasteiger partial charge in [-0.15, -0.1) is 0 Å². The zero-order chi connectivity index (χ0) is 19.7. The van der Waals surface area contributed by atoms with Crippen molar-refractivity contribution in [2.75, 3.05) is 4.90 Å². The highest BCUT2D eigenvalue weighted by Crippen LogP contribution is 2.33. The molecule has 6 heteroatoms. The van der Waals surface area contributed by atoms with E-state index >= 15 is 0 Å². The molecule has 0 saturated heterocycles. The zero-order valence-electron chi connectivity index (χ0n) is 15.5. The second-order valence-corrected chi connectivity index (χ2v) is 8.06. The van der Waals surface area contributed by atoms with Gasteiger partial charge in [0.05, 0.1) is 16.8 Å². The summed E-state index contributed by atoms with van der Waals surface area (Å²) < 4.78 is 1.06. The molecule has 0 atom stereocenters. The van der Waals surface area contributed by atoms with Crippen LogP contribution < -0.4 is 4.90 Å². The largest absolute Gasteiger partial charge is 0.279 e. The van der Waals surface area contributed by atoms with Crippen molar-refractivity contribution in [1.82, 2.24) is 9.97 Å². The fraction of sp³-hybridized carbons (Fsp3) is 0.136. The minimum atomic E-state index is -0.139. The molecule has 0 fully saturated rings. The van der Waals surface area contributed by atoms with Crippen LogP contribution in [0.3, 0.4) is 0 Å². The number of carbonyl (C=O) groups is 1. The van der Waals surface area contributed by atoms with E-state index in [1.807, 2.05) is 12.1 Å². The van der Waals surface area contributed by atoms with Crippen molar-refractivity contribution < 1.29 is 4.79 Å². The van der Waals surface area contributed by atoms with E-state index in [1.165, 1.54) is 16.9 Å². The Bertz CT molecular complexity index is 1160. The molecule has 0 aliphatic heterocycles. The first-order valence-corrected chi connectivity index (χ1v) is 10.1. The number of pyridine rings is 1. The van der Waals surface area contributed by atoms with Crippen LogP contribution in [0, 0.1) is 13.8 Å². The monoisotopic (exact) mass is 407 g/mol. The van der Waals surface area contributed by atoms with E-state index in [4.69, 9.17) is 16.6 Å². The van der Waals surface area contributed by atoms with Crippen molar-refractivity contribution in [3.05, 3.63) is 88.2 Å². The highest BCUT2D eigenvalue weighted by Gasteiger charge is 2.22. The fourth-order valence-corrected chi connectivity index (χ4v) is 4.22. The van der Waals surface area contributed by atoms with E-state index in [-0.39, 0.29) is 5.91 Å². The Kier molecular flexibility index (Phi) is 5.11. The molecular weight excluding hydrogens is 390 g/mol. The third-order valence-electron chi connectivity index (χ3n) is 4.68. The molecule has 0 bridgehead atoms. The Labute approximate surface area is 172 Å². The molecule has 140 valence electrons. The van der Waals surface area contributed by atoms with Gasteiger partial charge in [0.2, 0.25) is 0 Å². The number of benzene rings is 2. The van der Waals surface area contributed by atoms with Gasteiger partial charge in [-0.05, 0) is 60.9 Å². The summed E-state index contributed by atoms with van der Waals surface area (Å²) >= 11 is 7.62. The van der Waals surface area contributed by atoms with Gasteiger partial charge >= 0.3 is 0 Å². The van der Waals surface area contributed by atoms with Crippen LogP contribution in [0.2, 0.25) is 5.02 Å². The molecule has 2 aromatic heterocycles. The summed E-state index contributed by atoms with van der Waals surface area (Å²) in [5.74, 6) is -0.139. The number of nitrogens with zero attached hydrogens (tertiary/aromatic N) is 3. The summed E-state index contributed by atoms with van der Waals surface area (Å²) in [4.78, 5) is 24.0. The van der Waals surface area contributed by atoms with Gasteiger partial charge in [0.15, 0.2) is 5.13 Å². The van der Waals surface area contributed by atoms with Crippen LogP contribution in [0.25, 0.3) is 10.2 Å². The van der Waals surface area contributed by atoms with Crippen LogP contribution in [-0.4, -0.2) is 15.9 Å². The maximum absolute atomic E-state index is 13.3. The molecule has 28 heavy (non-hydrogen) atoms. The second-order valence-electron chi connectivity index (χ2n) is 6.61. The lowest BCUT2D eigenvalue weighted by Crippen LogP contribution is -2.30. The van der Waals surface area contributed by atoms with Gasteiger partial charge < -0.3 is 0 Å². The molecule has 4 aromatic rings. The normalized spacial score (nSPS) is 11.0. The van der Waals surface area contributed by atoms with Gasteiger partial charge in [0.1, 0.15) is 0 Å². The van der Waals surface area contributed by atoms with Gasteiger partial charge in [0, 0.05) is 23.0 Å². The average Bonchev–Trinajstić information content (AvgIpc) is 3.14. The molecule has 4 nitrogen and oxygen atoms in total. The minimum absolute atomic E-state index is 0.139. The number of hydrogen-bond donors (Lipinski definition) is 0. The number of aryl methyl sites for hydroxylation is 2. The predicted octanol–water partition coefficient (Wildman–Crippen LogP) is 5.81. The number of fused-ring (bicyclic) bond motifs is 1. The summed E-state index contributed by atoms with van der Waals surface area (Å²) in [6.07, 6.45) is 3.48. The molecule has 2 aromatic carbocycles. The minimum Gasteiger partial charge on any atom is -0.279 e. The Balaban J connectivity index is 1.80. The molecule has 2 heterocycles. The second kappa shape index (κ2) is 7.70. The van der Waals surface area contributed by atoms with Crippen LogP contribution in [0.1, 0.15) is 27.0 Å². The van der Waals surface area contributed by atoms with Gasteiger partial charge in [-0.2, -0.15) is 0 Å². The van der Waals surface area contributed by atoms with Crippen LogP contribution >= 0.6 is 22.9 Å². The van der Waals surface area contributed by atoms with Crippen LogP contribution in [0.4, 0.5) is 5.13 Å². The van der Waals surface area contributed by atoms with E-state index in [9.17, 15) is 4.79 Å². The molecule has 0 unspecified atom stereocenters. The summed E-state index contributed by atoms with van der Waals surface area (Å²) in [5, 5.41) is 1.19. The Hall–Kier alpha value is -2.76. The van der Waals surface area contributed by atoms with Crippen molar-refractivity contribution >= 4 is 44.2 Å². The maximum Gasteiger partial charge on any atom is 0.260 e. The van der Waals surface area contributed by atoms with E-state index in [2.05, 4.69) is 31.0 Å². The third kappa shape index (κ3) is 3.63. The molecule has 0 saturated carbocycles. The van der Waals surface area contributed by atoms with Gasteiger partial charge in [0.25, 0.3) is 5.91 Å². The predicted molar refractivity (Wildman–Crippen MR) is 115 cm³/mol. The zero-order valence-corrected chi connectivity index (χ0v) is 17.1. The van der Waals surface area contributed by atoms with Crippen molar-refractivity contribution in [2.24, 2.45) is 0 Å². The smallest absolute Gasteiger partial charge is 0.260 e. The number of hydrogen-bond acceptors (Lipinski definition) is 4. The molecule has 0 spiro atoms. The lowest BCUT2D eigenvalue weighted by molar-refractivity contribution is 0.0985. The van der Waals surface area contributed by atoms with E-state index in [0.29, 0.717) is 22.3 Å². The van der Waals surface area contributed by atoms with Crippen LogP contribution in [-0.2, 0) is 6.54 Å². The highest BCUT2D eigenvalue weighted by molar-refractivity contribution is 7.22. The molecule has 0 aliphatic carbocycles. The Morgan fingerprint density at radius 2 is 2.00 bits per heavy atom. The molecule has 1 amide bonds. The molecule has 0 radical (unpaired) electrons. The molecule has 4 rings (SSSR count). The average molecular weight is 408 g/mol. The van der Waals surface area contributed by atoms with E-state index in [1.54, 1.807) is 41.6 Å². The van der Waals surface area contributed by atoms with Gasteiger partial charge in [-0.25, -0.2) is 4.98 Å². The first-order chi connectivity index (χ1) is 13.5. The number of anilines is 1. The third-order valence-corrected chi connectivity index (χ3v) is 5.96. The lowest BCUT2D eigenvalue weighted by atomic mass is 10.1. The van der Waals surface area contributed by atoms with Crippen molar-refractivity contribution in [3.63, 3.8) is 0 Å². The first kappa shape index (κ1) is 18.6. The summed E-state index contributed by atoms with van der Waals surface area (Å²) in [7, 11) is 0. The van der Waals surface area contributed by atoms with Gasteiger partial charge in [-0.1, -0.05) is 41.1 Å². The van der Waals surface area contributed by atoms with Gasteiger partial charge in [-0.3, -0.25) is 14.7 Å². The summed E-state index contributed by atoms with van der Waals surface area (Å²) in [6.45, 7) is 4.51. The number of rotatable bonds is 4. The van der Waals surface area contributed by atoms with Crippen molar-refractivity contribution in [1.29, 1.82) is 0 Å². The standard InChI is InChI=1S/C22H18ClN3OS/c1-14-8-9-19-20(15(14)2)25-22(28-19)26(13-16-5-4-10-24-12-16)21(27)17-6-3-7-18(23)11-17/h3-12H,13H2,1-2H3. The summed E-state index contributed by atoms with van der Waals surface area (Å²) in [5.41, 5.74) is 4.73. The molecular formula is C22H18ClN3OS. The first-order valence-electron chi connectivity index (χ1n) is 8.86. The van der Waals surface area contributed by atoms with Crippen molar-refractivity contribution in [2.45, 2.75) is 20.4 Å². The molecule has 0 N–H and O–H groups in total. The quantitative estimate of drug-likeness (QED) is 0.429. The fourth-order valence-electron chi connectivity index (χ4n) is 3.01. The molecule has 0 aliphatic rings.